The maximum Gasteiger partial charge on any atom is 0.421 e. The predicted molar refractivity (Wildman–Crippen MR) is 127 cm³/mol. The number of nitrogens with zero attached hydrogens (tertiary/aromatic N) is 4. The van der Waals surface area contributed by atoms with E-state index < -0.39 is 17.7 Å². The number of aliphatic hydroxyl groups is 1. The molecule has 2 aromatic rings. The normalized spacial score (nSPS) is 25.9. The van der Waals surface area contributed by atoms with Gasteiger partial charge in [0.25, 0.3) is 5.91 Å². The van der Waals surface area contributed by atoms with Crippen molar-refractivity contribution in [2.45, 2.75) is 63.9 Å². The van der Waals surface area contributed by atoms with Gasteiger partial charge in [0.2, 0.25) is 0 Å². The fourth-order valence-electron chi connectivity index (χ4n) is 5.24. The van der Waals surface area contributed by atoms with E-state index in [4.69, 9.17) is 5.73 Å². The molecule has 1 aromatic carbocycles. The molecule has 1 amide bonds. The van der Waals surface area contributed by atoms with Gasteiger partial charge >= 0.3 is 6.18 Å². The summed E-state index contributed by atoms with van der Waals surface area (Å²) in [7, 11) is 0. The van der Waals surface area contributed by atoms with Crippen LogP contribution < -0.4 is 11.1 Å². The second kappa shape index (κ2) is 9.09. The molecule has 0 unspecified atom stereocenters. The summed E-state index contributed by atoms with van der Waals surface area (Å²) in [6.07, 6.45) is -0.960. The fourth-order valence-corrected chi connectivity index (χ4v) is 5.24. The number of rotatable bonds is 6. The topological polar surface area (TPSA) is 120 Å². The smallest absolute Gasteiger partial charge is 0.376 e. The molecule has 1 saturated heterocycles. The van der Waals surface area contributed by atoms with Gasteiger partial charge in [-0.2, -0.15) is 23.5 Å². The Morgan fingerprint density at radius 3 is 2.42 bits per heavy atom. The van der Waals surface area contributed by atoms with Gasteiger partial charge < -0.3 is 16.2 Å². The second-order valence-electron chi connectivity index (χ2n) is 10.8. The van der Waals surface area contributed by atoms with Crippen LogP contribution in [0.25, 0.3) is 0 Å². The van der Waals surface area contributed by atoms with Gasteiger partial charge in [-0.3, -0.25) is 14.4 Å². The average Bonchev–Trinajstić information content (AvgIpc) is 3.20. The van der Waals surface area contributed by atoms with Crippen molar-refractivity contribution in [2.24, 2.45) is 17.1 Å². The van der Waals surface area contributed by atoms with Crippen molar-refractivity contribution in [3.05, 3.63) is 41.6 Å². The van der Waals surface area contributed by atoms with Crippen LogP contribution in [0.2, 0.25) is 0 Å². The van der Waals surface area contributed by atoms with E-state index in [0.29, 0.717) is 30.5 Å². The summed E-state index contributed by atoms with van der Waals surface area (Å²) in [5.74, 6) is -0.851. The third-order valence-electron chi connectivity index (χ3n) is 7.33. The number of nitrogens with one attached hydrogen (secondary N) is 1. The number of likely N-dealkylation sites (tertiary alicyclic amines) is 1. The van der Waals surface area contributed by atoms with Crippen molar-refractivity contribution in [3.63, 3.8) is 0 Å². The standard InChI is InChI=1S/C25H31F3N6O2/c1-23(2)13-33(14-23)18-8-9-20(15(10-18)11-29)34-12-19(21(30)35)22(32-34)31-17-6-4-16(5-7-17)24(3,36)25(26,27)28/h4-7,12,15,18,20,36H,8-10,13-14H2,1-3H3,(H2,30,35)(H,31,32)/t15-,18-,20+,24+/m1/s1. The van der Waals surface area contributed by atoms with E-state index in [9.17, 15) is 28.3 Å². The third kappa shape index (κ3) is 4.92. The molecule has 0 bridgehead atoms. The monoisotopic (exact) mass is 504 g/mol. The molecule has 0 radical (unpaired) electrons. The first-order valence-corrected chi connectivity index (χ1v) is 11.9. The van der Waals surface area contributed by atoms with Gasteiger partial charge in [-0.15, -0.1) is 0 Å². The molecule has 2 heterocycles. The Morgan fingerprint density at radius 1 is 1.25 bits per heavy atom. The number of carbonyl (C=O) groups is 1. The van der Waals surface area contributed by atoms with E-state index in [0.717, 1.165) is 38.1 Å². The number of aromatic nitrogens is 2. The molecule has 36 heavy (non-hydrogen) atoms. The van der Waals surface area contributed by atoms with Crippen LogP contribution >= 0.6 is 0 Å². The highest BCUT2D eigenvalue weighted by molar-refractivity contribution is 5.98. The minimum absolute atomic E-state index is 0.115. The van der Waals surface area contributed by atoms with Crippen molar-refractivity contribution in [2.75, 3.05) is 18.4 Å². The van der Waals surface area contributed by atoms with Crippen LogP contribution in [0, 0.1) is 22.7 Å². The predicted octanol–water partition coefficient (Wildman–Crippen LogP) is 4.07. The third-order valence-corrected chi connectivity index (χ3v) is 7.33. The zero-order valence-electron chi connectivity index (χ0n) is 20.5. The maximum absolute atomic E-state index is 13.1. The van der Waals surface area contributed by atoms with Gasteiger partial charge in [-0.1, -0.05) is 26.0 Å². The lowest BCUT2D eigenvalue weighted by Gasteiger charge is -2.52. The summed E-state index contributed by atoms with van der Waals surface area (Å²) < 4.78 is 41.0. The van der Waals surface area contributed by atoms with E-state index >= 15 is 0 Å². The minimum Gasteiger partial charge on any atom is -0.376 e. The minimum atomic E-state index is -4.83. The van der Waals surface area contributed by atoms with Gasteiger partial charge in [0.05, 0.1) is 18.0 Å². The molecule has 1 saturated carbocycles. The van der Waals surface area contributed by atoms with Crippen LogP contribution in [-0.4, -0.2) is 51.0 Å². The first-order valence-electron chi connectivity index (χ1n) is 11.9. The van der Waals surface area contributed by atoms with Crippen molar-refractivity contribution in [1.82, 2.24) is 14.7 Å². The Labute approximate surface area is 207 Å². The van der Waals surface area contributed by atoms with Gasteiger partial charge in [0, 0.05) is 31.0 Å². The maximum atomic E-state index is 13.1. The molecule has 4 rings (SSSR count). The molecule has 1 aromatic heterocycles. The molecule has 8 nitrogen and oxygen atoms in total. The lowest BCUT2D eigenvalue weighted by atomic mass is 9.77. The van der Waals surface area contributed by atoms with Gasteiger partial charge in [-0.25, -0.2) is 0 Å². The summed E-state index contributed by atoms with van der Waals surface area (Å²) in [6, 6.07) is 7.55. The molecule has 194 valence electrons. The van der Waals surface area contributed by atoms with E-state index in [1.54, 1.807) is 4.68 Å². The number of primary amides is 1. The lowest BCUT2D eigenvalue weighted by molar-refractivity contribution is -0.258. The molecule has 2 aliphatic rings. The first kappa shape index (κ1) is 26.0. The number of anilines is 2. The van der Waals surface area contributed by atoms with E-state index in [1.165, 1.54) is 18.3 Å². The average molecular weight is 505 g/mol. The quantitative estimate of drug-likeness (QED) is 0.546. The number of amides is 1. The number of hydrogen-bond donors (Lipinski definition) is 3. The number of halogens is 3. The SMILES string of the molecule is CC1(C)CN([C@@H]2CC[C@H](n3cc(C(N)=O)c(Nc4ccc([C@](C)(O)C(F)(F)F)cc4)n3)[C@@H](C#N)C2)C1. The largest absolute Gasteiger partial charge is 0.421 e. The number of alkyl halides is 3. The van der Waals surface area contributed by atoms with Crippen LogP contribution in [0.5, 0.6) is 0 Å². The summed E-state index contributed by atoms with van der Waals surface area (Å²) in [4.78, 5) is 14.5. The highest BCUT2D eigenvalue weighted by Crippen LogP contribution is 2.41. The van der Waals surface area contributed by atoms with Gasteiger partial charge in [0.15, 0.2) is 11.4 Å². The van der Waals surface area contributed by atoms with E-state index in [1.807, 2.05) is 0 Å². The summed E-state index contributed by atoms with van der Waals surface area (Å²) >= 11 is 0. The number of hydrogen-bond acceptors (Lipinski definition) is 6. The molecular weight excluding hydrogens is 473 g/mol. The van der Waals surface area contributed by atoms with Crippen LogP contribution in [-0.2, 0) is 5.60 Å². The summed E-state index contributed by atoms with van der Waals surface area (Å²) in [5, 5.41) is 27.2. The molecule has 11 heteroatoms. The second-order valence-corrected chi connectivity index (χ2v) is 10.8. The van der Waals surface area contributed by atoms with Gasteiger partial charge in [0.1, 0.15) is 5.56 Å². The molecular formula is C25H31F3N6O2. The highest BCUT2D eigenvalue weighted by atomic mass is 19.4. The molecule has 0 spiro atoms. The van der Waals surface area contributed by atoms with E-state index in [2.05, 4.69) is 35.2 Å². The molecule has 4 atom stereocenters. The van der Waals surface area contributed by atoms with Crippen LogP contribution in [0.15, 0.2) is 30.5 Å². The van der Waals surface area contributed by atoms with Crippen molar-refractivity contribution in [3.8, 4) is 6.07 Å². The number of benzene rings is 1. The van der Waals surface area contributed by atoms with Crippen LogP contribution in [0.3, 0.4) is 0 Å². The zero-order valence-corrected chi connectivity index (χ0v) is 20.5. The summed E-state index contributed by atoms with van der Waals surface area (Å²) in [6.45, 7) is 7.17. The Kier molecular flexibility index (Phi) is 6.56. The Balaban J connectivity index is 1.51. The lowest BCUT2D eigenvalue weighted by Crippen LogP contribution is -2.58. The number of nitrogens with two attached hydrogens (primary N) is 1. The van der Waals surface area contributed by atoms with Crippen LogP contribution in [0.1, 0.15) is 62.0 Å². The first-order chi connectivity index (χ1) is 16.7. The Hall–Kier alpha value is -3.10. The van der Waals surface area contributed by atoms with Crippen molar-refractivity contribution < 1.29 is 23.1 Å². The van der Waals surface area contributed by atoms with Crippen LogP contribution in [0.4, 0.5) is 24.7 Å². The Morgan fingerprint density at radius 2 is 1.89 bits per heavy atom. The molecule has 1 aliphatic carbocycles. The van der Waals surface area contributed by atoms with Crippen molar-refractivity contribution in [1.29, 1.82) is 5.26 Å². The molecule has 1 aliphatic heterocycles. The molecule has 4 N–H and O–H groups in total. The Bertz CT molecular complexity index is 1160. The van der Waals surface area contributed by atoms with E-state index in [-0.39, 0.29) is 28.9 Å². The number of carbonyl (C=O) groups excluding carboxylic acids is 1. The summed E-state index contributed by atoms with van der Waals surface area (Å²) in [5.41, 5.74) is 3.03. The van der Waals surface area contributed by atoms with Gasteiger partial charge in [-0.05, 0) is 49.3 Å². The fraction of sp³-hybridized carbons (Fsp3) is 0.560. The molecule has 2 fully saturated rings. The zero-order chi connectivity index (χ0) is 26.5. The highest BCUT2D eigenvalue weighted by Gasteiger charge is 2.51. The van der Waals surface area contributed by atoms with Crippen molar-refractivity contribution >= 4 is 17.4 Å². The number of nitriles is 1.